The van der Waals surface area contributed by atoms with Gasteiger partial charge in [0.25, 0.3) is 0 Å². The van der Waals surface area contributed by atoms with Gasteiger partial charge in [0.1, 0.15) is 6.54 Å². The molecule has 0 radical (unpaired) electrons. The fourth-order valence-corrected chi connectivity index (χ4v) is 3.81. The highest BCUT2D eigenvalue weighted by molar-refractivity contribution is 7.98. The molecule has 0 aliphatic heterocycles. The van der Waals surface area contributed by atoms with Crippen LogP contribution in [0.2, 0.25) is 0 Å². The van der Waals surface area contributed by atoms with E-state index in [0.717, 1.165) is 30.6 Å². The predicted octanol–water partition coefficient (Wildman–Crippen LogP) is 6.07. The maximum atomic E-state index is 11.3. The summed E-state index contributed by atoms with van der Waals surface area (Å²) in [7, 11) is 3.49. The Kier molecular flexibility index (Phi) is 17.7. The summed E-state index contributed by atoms with van der Waals surface area (Å²) in [5, 5.41) is 18.2. The standard InChI is InChI=1S/C16H25N3O3.C8H10O2S.C3H8/c1-4-7-13(8-5-2)18(3)16-14(9-6-10-17-16)19(12-20)11-15(21)22;1-10-8-4-3-6(11-2)5-7(8)9;1-3-2/h6,9-10,12-13H,4-5,7-8,11H2,1-3H3,(H,21,22);3-5,9H,1-2H3;3H2,1-2H3. The number of phenols is 1. The van der Waals surface area contributed by atoms with Gasteiger partial charge in [-0.15, -0.1) is 11.8 Å². The molecular formula is C27H43N3O5S. The Morgan fingerprint density at radius 3 is 2.22 bits per heavy atom. The van der Waals surface area contributed by atoms with Crippen LogP contribution in [0.4, 0.5) is 11.5 Å². The third-order valence-electron chi connectivity index (χ3n) is 5.02. The topological polar surface area (TPSA) is 103 Å². The molecule has 0 bridgehead atoms. The SMILES string of the molecule is CCC.CCCC(CCC)N(C)c1ncccc1N(C=O)CC(=O)O.COc1ccc(SC)cc1O. The van der Waals surface area contributed by atoms with Crippen LogP contribution < -0.4 is 14.5 Å². The second kappa shape index (κ2) is 19.3. The number of hydrogen-bond donors (Lipinski definition) is 2. The number of hydrogen-bond acceptors (Lipinski definition) is 7. The number of carboxylic acid groups (broad SMARTS) is 1. The Morgan fingerprint density at radius 1 is 1.17 bits per heavy atom. The van der Waals surface area contributed by atoms with Gasteiger partial charge in [-0.25, -0.2) is 4.98 Å². The van der Waals surface area contributed by atoms with Crippen LogP contribution in [0.1, 0.15) is 59.8 Å². The predicted molar refractivity (Wildman–Crippen MR) is 150 cm³/mol. The van der Waals surface area contributed by atoms with Crippen LogP contribution in [0.5, 0.6) is 11.5 Å². The number of amides is 1. The first-order valence-corrected chi connectivity index (χ1v) is 13.5. The van der Waals surface area contributed by atoms with Crippen molar-refractivity contribution in [3.05, 3.63) is 36.5 Å². The zero-order valence-electron chi connectivity index (χ0n) is 22.7. The second-order valence-electron chi connectivity index (χ2n) is 8.06. The number of carbonyl (C=O) groups is 2. The van der Waals surface area contributed by atoms with E-state index in [0.29, 0.717) is 29.7 Å². The molecule has 2 rings (SSSR count). The number of nitrogens with zero attached hydrogens (tertiary/aromatic N) is 3. The lowest BCUT2D eigenvalue weighted by atomic mass is 10.1. The van der Waals surface area contributed by atoms with Crippen molar-refractivity contribution in [2.24, 2.45) is 0 Å². The number of aliphatic carboxylic acids is 1. The quantitative estimate of drug-likeness (QED) is 0.256. The molecule has 0 fully saturated rings. The van der Waals surface area contributed by atoms with Gasteiger partial charge in [-0.1, -0.05) is 47.0 Å². The summed E-state index contributed by atoms with van der Waals surface area (Å²) in [6, 6.07) is 9.10. The number of carboxylic acids is 1. The molecule has 202 valence electrons. The van der Waals surface area contributed by atoms with Gasteiger partial charge in [-0.2, -0.15) is 0 Å². The van der Waals surface area contributed by atoms with Crippen LogP contribution in [0.25, 0.3) is 0 Å². The van der Waals surface area contributed by atoms with Crippen LogP contribution in [0.15, 0.2) is 41.4 Å². The number of ether oxygens (including phenoxy) is 1. The van der Waals surface area contributed by atoms with Gasteiger partial charge in [0.05, 0.1) is 12.8 Å². The highest BCUT2D eigenvalue weighted by Gasteiger charge is 2.21. The minimum absolute atomic E-state index is 0.194. The largest absolute Gasteiger partial charge is 0.504 e. The van der Waals surface area contributed by atoms with Gasteiger partial charge in [-0.05, 0) is 49.4 Å². The molecule has 9 heteroatoms. The van der Waals surface area contributed by atoms with E-state index in [9.17, 15) is 14.7 Å². The summed E-state index contributed by atoms with van der Waals surface area (Å²) in [6.45, 7) is 8.15. The first-order valence-electron chi connectivity index (χ1n) is 12.3. The van der Waals surface area contributed by atoms with E-state index in [1.807, 2.05) is 19.4 Å². The number of aromatic nitrogens is 1. The van der Waals surface area contributed by atoms with Gasteiger partial charge in [0.2, 0.25) is 6.41 Å². The number of phenolic OH excluding ortho intramolecular Hbond substituents is 1. The third kappa shape index (κ3) is 11.7. The van der Waals surface area contributed by atoms with E-state index < -0.39 is 5.97 Å². The molecule has 36 heavy (non-hydrogen) atoms. The van der Waals surface area contributed by atoms with E-state index in [1.165, 1.54) is 18.4 Å². The van der Waals surface area contributed by atoms with Crippen LogP contribution >= 0.6 is 11.8 Å². The number of methoxy groups -OCH3 is 1. The summed E-state index contributed by atoms with van der Waals surface area (Å²) in [4.78, 5) is 30.8. The van der Waals surface area contributed by atoms with E-state index in [-0.39, 0.29) is 12.3 Å². The van der Waals surface area contributed by atoms with Gasteiger partial charge in [0.15, 0.2) is 17.3 Å². The molecule has 2 N–H and O–H groups in total. The van der Waals surface area contributed by atoms with Crippen molar-refractivity contribution >= 4 is 35.6 Å². The molecule has 0 unspecified atom stereocenters. The number of rotatable bonds is 12. The Hall–Kier alpha value is -2.94. The Bertz CT molecular complexity index is 891. The van der Waals surface area contributed by atoms with Crippen LogP contribution in [-0.2, 0) is 9.59 Å². The smallest absolute Gasteiger partial charge is 0.323 e. The number of carbonyl (C=O) groups excluding carboxylic acids is 1. The molecule has 1 amide bonds. The zero-order chi connectivity index (χ0) is 27.5. The molecule has 0 aliphatic rings. The summed E-state index contributed by atoms with van der Waals surface area (Å²) in [6.07, 6.45) is 9.58. The first kappa shape index (κ1) is 33.1. The van der Waals surface area contributed by atoms with Gasteiger partial charge < -0.3 is 24.7 Å². The third-order valence-corrected chi connectivity index (χ3v) is 5.75. The fraction of sp³-hybridized carbons (Fsp3) is 0.519. The van der Waals surface area contributed by atoms with E-state index in [2.05, 4.69) is 37.6 Å². The molecule has 0 saturated carbocycles. The second-order valence-corrected chi connectivity index (χ2v) is 8.94. The molecule has 1 heterocycles. The van der Waals surface area contributed by atoms with Gasteiger partial charge >= 0.3 is 5.97 Å². The maximum absolute atomic E-state index is 11.3. The summed E-state index contributed by atoms with van der Waals surface area (Å²) in [5.74, 6) is 0.299. The van der Waals surface area contributed by atoms with Crippen molar-refractivity contribution < 1.29 is 24.5 Å². The van der Waals surface area contributed by atoms with Crippen LogP contribution in [0.3, 0.4) is 0 Å². The molecule has 0 spiro atoms. The lowest BCUT2D eigenvalue weighted by molar-refractivity contribution is -0.136. The van der Waals surface area contributed by atoms with Crippen molar-refractivity contribution in [2.75, 3.05) is 36.8 Å². The number of thioether (sulfide) groups is 1. The molecule has 8 nitrogen and oxygen atoms in total. The van der Waals surface area contributed by atoms with Crippen LogP contribution in [0, 0.1) is 0 Å². The molecule has 0 saturated heterocycles. The minimum Gasteiger partial charge on any atom is -0.504 e. The normalized spacial score (nSPS) is 9.89. The van der Waals surface area contributed by atoms with Gasteiger partial charge in [0, 0.05) is 24.2 Å². The van der Waals surface area contributed by atoms with E-state index in [4.69, 9.17) is 9.84 Å². The summed E-state index contributed by atoms with van der Waals surface area (Å²) >= 11 is 1.59. The zero-order valence-corrected chi connectivity index (χ0v) is 23.5. The van der Waals surface area contributed by atoms with Crippen molar-refractivity contribution in [3.8, 4) is 11.5 Å². The summed E-state index contributed by atoms with van der Waals surface area (Å²) < 4.78 is 4.89. The van der Waals surface area contributed by atoms with Crippen molar-refractivity contribution in [2.45, 2.75) is 70.7 Å². The molecule has 1 aromatic carbocycles. The lowest BCUT2D eigenvalue weighted by Crippen LogP contribution is -2.35. The Morgan fingerprint density at radius 2 is 1.78 bits per heavy atom. The fourth-order valence-electron chi connectivity index (χ4n) is 3.38. The average Bonchev–Trinajstić information content (AvgIpc) is 2.87. The molecule has 2 aromatic rings. The van der Waals surface area contributed by atoms with Crippen LogP contribution in [-0.4, -0.2) is 60.6 Å². The lowest BCUT2D eigenvalue weighted by Gasteiger charge is -2.31. The summed E-state index contributed by atoms with van der Waals surface area (Å²) in [5.41, 5.74) is 0.527. The number of aromatic hydroxyl groups is 1. The number of anilines is 2. The maximum Gasteiger partial charge on any atom is 0.323 e. The van der Waals surface area contributed by atoms with Crippen molar-refractivity contribution in [3.63, 3.8) is 0 Å². The minimum atomic E-state index is -1.05. The highest BCUT2D eigenvalue weighted by Crippen LogP contribution is 2.30. The van der Waals surface area contributed by atoms with E-state index in [1.54, 1.807) is 42.2 Å². The van der Waals surface area contributed by atoms with E-state index >= 15 is 0 Å². The molecule has 0 aliphatic carbocycles. The average molecular weight is 522 g/mol. The monoisotopic (exact) mass is 521 g/mol. The number of benzene rings is 1. The number of pyridine rings is 1. The van der Waals surface area contributed by atoms with Crippen molar-refractivity contribution in [1.82, 2.24) is 4.98 Å². The Balaban J connectivity index is 0.000000725. The highest BCUT2D eigenvalue weighted by atomic mass is 32.2. The first-order chi connectivity index (χ1) is 17.2. The molecular weight excluding hydrogens is 478 g/mol. The molecule has 0 atom stereocenters. The Labute approximate surface area is 220 Å². The molecule has 1 aromatic heterocycles. The van der Waals surface area contributed by atoms with Crippen molar-refractivity contribution in [1.29, 1.82) is 0 Å². The van der Waals surface area contributed by atoms with Gasteiger partial charge in [-0.3, -0.25) is 9.59 Å².